The molecule has 0 saturated carbocycles. The molecule has 0 fully saturated rings. The monoisotopic (exact) mass is 863 g/mol. The SMILES string of the molecule is CC(C)(C)c1ccc2[n-]c3ccc(C(C)(C)C)cc3c2c1.CC(C)c1cccc(C(C)C)c1[N+]1=C=[N+](c2c(C(C)C)cccc2C(C)C)C=C1.[Au+]. The summed E-state index contributed by atoms with van der Waals surface area (Å²) in [6.07, 6.45) is 4.32. The van der Waals surface area contributed by atoms with E-state index in [1.165, 1.54) is 55.5 Å². The smallest absolute Gasteiger partial charge is 0.657 e. The second-order valence-electron chi connectivity index (χ2n) is 17.4. The number of aromatic nitrogens is 1. The Kier molecular flexibility index (Phi) is 12.4. The molecule has 6 rings (SSSR count). The molecule has 0 unspecified atom stereocenters. The van der Waals surface area contributed by atoms with Crippen molar-refractivity contribution in [1.29, 1.82) is 0 Å². The normalized spacial score (nSPS) is 13.3. The number of hydrogen-bond donors (Lipinski definition) is 0. The van der Waals surface area contributed by atoms with Gasteiger partial charge in [-0.1, -0.05) is 179 Å². The van der Waals surface area contributed by atoms with Crippen LogP contribution in [0.3, 0.4) is 0 Å². The molecule has 3 nitrogen and oxygen atoms in total. The molecular weight excluding hydrogens is 804 g/mol. The van der Waals surface area contributed by atoms with Gasteiger partial charge in [0, 0.05) is 22.3 Å². The molecule has 1 aliphatic heterocycles. The Bertz CT molecular complexity index is 1920. The Morgan fingerprint density at radius 1 is 0.490 bits per heavy atom. The van der Waals surface area contributed by atoms with E-state index in [1.54, 1.807) is 0 Å². The number of nitrogens with zero attached hydrogens (tertiary/aromatic N) is 3. The predicted octanol–water partition coefficient (Wildman–Crippen LogP) is 13.4. The molecule has 5 aromatic rings. The zero-order valence-corrected chi connectivity index (χ0v) is 35.7. The first-order valence-corrected chi connectivity index (χ1v) is 18.7. The van der Waals surface area contributed by atoms with E-state index >= 15 is 0 Å². The topological polar surface area (TPSA) is 20.1 Å². The van der Waals surface area contributed by atoms with Crippen molar-refractivity contribution in [2.24, 2.45) is 0 Å². The molecular formula is C47H60AuN3+2. The third kappa shape index (κ3) is 8.61. The van der Waals surface area contributed by atoms with Gasteiger partial charge >= 0.3 is 28.4 Å². The van der Waals surface area contributed by atoms with Gasteiger partial charge in [0.05, 0.1) is 0 Å². The number of rotatable bonds is 6. The van der Waals surface area contributed by atoms with Crippen molar-refractivity contribution in [3.8, 4) is 0 Å². The predicted molar refractivity (Wildman–Crippen MR) is 215 cm³/mol. The zero-order chi connectivity index (χ0) is 36.7. The summed E-state index contributed by atoms with van der Waals surface area (Å²) in [6.45, 7) is 31.7. The first kappa shape index (κ1) is 40.3. The Morgan fingerprint density at radius 3 is 1.08 bits per heavy atom. The molecule has 0 radical (unpaired) electrons. The van der Waals surface area contributed by atoms with Crippen molar-refractivity contribution in [3.05, 3.63) is 119 Å². The molecule has 4 heteroatoms. The number of fused-ring (bicyclic) bond motifs is 3. The van der Waals surface area contributed by atoms with Gasteiger partial charge in [-0.2, -0.15) is 0 Å². The third-order valence-electron chi connectivity index (χ3n) is 10.0. The molecule has 0 aliphatic carbocycles. The van der Waals surface area contributed by atoms with Gasteiger partial charge in [-0.3, -0.25) is 0 Å². The first-order chi connectivity index (χ1) is 23.4. The van der Waals surface area contributed by atoms with Crippen LogP contribution in [0, 0.1) is 0 Å². The van der Waals surface area contributed by atoms with Crippen LogP contribution in [-0.4, -0.2) is 15.2 Å². The van der Waals surface area contributed by atoms with Crippen molar-refractivity contribution in [3.63, 3.8) is 0 Å². The molecule has 272 valence electrons. The van der Waals surface area contributed by atoms with Crippen molar-refractivity contribution >= 4 is 39.2 Å². The standard InChI is InChI=1S/C27H36N2.C20H24N.Au/c1-18(2)22-11-9-12-23(19(3)4)26(22)28-15-16-29(17-28)27-24(20(5)6)13-10-14-25(27)21(7)8;1-19(2,3)13-7-9-17-15(11-13)16-12-14(20(4,5)6)8-10-18(16)21-17;/h9-16,18-21H,1-8H3;7-12H,1-6H3;/q+2;-1;+1. The molecule has 0 bridgehead atoms. The minimum atomic E-state index is 0. The minimum Gasteiger partial charge on any atom is -0.657 e. The van der Waals surface area contributed by atoms with E-state index in [0.29, 0.717) is 23.7 Å². The Labute approximate surface area is 324 Å². The number of para-hydroxylation sites is 2. The van der Waals surface area contributed by atoms with E-state index in [0.717, 1.165) is 11.0 Å². The second-order valence-corrected chi connectivity index (χ2v) is 17.4. The van der Waals surface area contributed by atoms with Crippen LogP contribution in [0.1, 0.15) is 154 Å². The van der Waals surface area contributed by atoms with E-state index in [9.17, 15) is 0 Å². The van der Waals surface area contributed by atoms with Crippen molar-refractivity contribution in [1.82, 2.24) is 4.98 Å². The molecule has 0 N–H and O–H groups in total. The Balaban J connectivity index is 0.000000235. The van der Waals surface area contributed by atoms with E-state index in [4.69, 9.17) is 4.98 Å². The van der Waals surface area contributed by atoms with Crippen LogP contribution in [0.4, 0.5) is 11.4 Å². The summed E-state index contributed by atoms with van der Waals surface area (Å²) in [5.74, 6) is 1.84. The fraction of sp³-hybridized carbons (Fsp3) is 0.426. The van der Waals surface area contributed by atoms with Crippen LogP contribution in [0.25, 0.3) is 21.8 Å². The second kappa shape index (κ2) is 15.6. The van der Waals surface area contributed by atoms with Gasteiger partial charge < -0.3 is 4.98 Å². The summed E-state index contributed by atoms with van der Waals surface area (Å²) in [6, 6.07) is 30.4. The maximum absolute atomic E-state index is 4.76. The zero-order valence-electron chi connectivity index (χ0n) is 33.5. The van der Waals surface area contributed by atoms with Crippen LogP contribution in [0.2, 0.25) is 0 Å². The minimum absolute atomic E-state index is 0. The molecule has 51 heavy (non-hydrogen) atoms. The Hall–Kier alpha value is -3.46. The fourth-order valence-corrected chi connectivity index (χ4v) is 6.91. The van der Waals surface area contributed by atoms with Gasteiger partial charge in [0.1, 0.15) is 0 Å². The van der Waals surface area contributed by atoms with Gasteiger partial charge in [-0.25, -0.2) is 0 Å². The summed E-state index contributed by atoms with van der Waals surface area (Å²) in [5.41, 5.74) is 13.3. The molecule has 0 spiro atoms. The van der Waals surface area contributed by atoms with E-state index in [-0.39, 0.29) is 33.2 Å². The van der Waals surface area contributed by atoms with Gasteiger partial charge in [-0.15, -0.1) is 11.0 Å². The van der Waals surface area contributed by atoms with Crippen molar-refractivity contribution in [2.75, 3.05) is 0 Å². The summed E-state index contributed by atoms with van der Waals surface area (Å²) < 4.78 is 4.40. The van der Waals surface area contributed by atoms with Gasteiger partial charge in [0.15, 0.2) is 0 Å². The average Bonchev–Trinajstić information content (AvgIpc) is 3.68. The van der Waals surface area contributed by atoms with E-state index < -0.39 is 0 Å². The quantitative estimate of drug-likeness (QED) is 0.123. The molecule has 1 aromatic heterocycles. The van der Waals surface area contributed by atoms with Crippen LogP contribution in [-0.2, 0) is 33.2 Å². The molecule has 0 atom stereocenters. The number of hydrogen-bond acceptors (Lipinski definition) is 0. The third-order valence-corrected chi connectivity index (χ3v) is 10.0. The molecule has 4 aromatic carbocycles. The summed E-state index contributed by atoms with van der Waals surface area (Å²) in [5, 5.41) is 2.56. The van der Waals surface area contributed by atoms with Crippen molar-refractivity contribution < 1.29 is 31.5 Å². The van der Waals surface area contributed by atoms with Crippen LogP contribution in [0.15, 0.2) is 85.2 Å². The van der Waals surface area contributed by atoms with Gasteiger partial charge in [-0.05, 0) is 56.4 Å². The first-order valence-electron chi connectivity index (χ1n) is 18.7. The maximum atomic E-state index is 4.76. The summed E-state index contributed by atoms with van der Waals surface area (Å²) in [7, 11) is 0. The van der Waals surface area contributed by atoms with E-state index in [1.807, 2.05) is 0 Å². The fourth-order valence-electron chi connectivity index (χ4n) is 6.91. The van der Waals surface area contributed by atoms with Gasteiger partial charge in [0.25, 0.3) is 12.4 Å². The molecule has 0 saturated heterocycles. The summed E-state index contributed by atoms with van der Waals surface area (Å²) in [4.78, 5) is 4.76. The largest absolute Gasteiger partial charge is 1.00 e. The van der Waals surface area contributed by atoms with E-state index in [2.05, 4.69) is 197 Å². The van der Waals surface area contributed by atoms with Crippen LogP contribution in [0.5, 0.6) is 0 Å². The van der Waals surface area contributed by atoms with Crippen molar-refractivity contribution in [2.45, 2.75) is 131 Å². The van der Waals surface area contributed by atoms with Crippen LogP contribution < -0.4 is 4.98 Å². The molecule has 0 amide bonds. The number of benzene rings is 4. The van der Waals surface area contributed by atoms with Gasteiger partial charge in [0.2, 0.25) is 11.4 Å². The molecule has 2 heterocycles. The maximum Gasteiger partial charge on any atom is 1.00 e. The van der Waals surface area contributed by atoms with Crippen LogP contribution >= 0.6 is 0 Å². The average molecular weight is 864 g/mol. The Morgan fingerprint density at radius 2 is 0.804 bits per heavy atom. The molecule has 1 aliphatic rings. The summed E-state index contributed by atoms with van der Waals surface area (Å²) >= 11 is 0.